The molecule has 0 aliphatic carbocycles. The molecule has 0 spiro atoms. The summed E-state index contributed by atoms with van der Waals surface area (Å²) in [5.41, 5.74) is -0.903. The highest BCUT2D eigenvalue weighted by Crippen LogP contribution is 2.30. The van der Waals surface area contributed by atoms with Gasteiger partial charge in [0.1, 0.15) is 11.6 Å². The predicted octanol–water partition coefficient (Wildman–Crippen LogP) is 3.44. The molecule has 10 heteroatoms. The molecule has 5 nitrogen and oxygen atoms in total. The zero-order valence-electron chi connectivity index (χ0n) is 11.5. The van der Waals surface area contributed by atoms with Gasteiger partial charge in [-0.1, -0.05) is 11.6 Å². The number of hydrogen-bond donors (Lipinski definition) is 3. The van der Waals surface area contributed by atoms with Crippen LogP contribution < -0.4 is 10.6 Å². The van der Waals surface area contributed by atoms with Gasteiger partial charge in [0.2, 0.25) is 5.95 Å². The Hall–Kier alpha value is -2.13. The van der Waals surface area contributed by atoms with E-state index in [0.717, 1.165) is 6.07 Å². The molecule has 124 valence electrons. The fourth-order valence-electron chi connectivity index (χ4n) is 1.63. The van der Waals surface area contributed by atoms with Crippen LogP contribution in [0, 0.1) is 5.82 Å². The average molecular weight is 351 g/mol. The Balaban J connectivity index is 2.33. The SMILES string of the molecule is OCCNc1nc(Nc2ccc(F)c(Cl)c2)cc(C(F)(F)F)n1. The van der Waals surface area contributed by atoms with Crippen molar-refractivity contribution >= 4 is 29.1 Å². The Morgan fingerprint density at radius 3 is 2.52 bits per heavy atom. The normalized spacial score (nSPS) is 11.4. The van der Waals surface area contributed by atoms with Gasteiger partial charge >= 0.3 is 6.18 Å². The molecule has 0 bridgehead atoms. The van der Waals surface area contributed by atoms with Crippen molar-refractivity contribution in [2.75, 3.05) is 23.8 Å². The van der Waals surface area contributed by atoms with Gasteiger partial charge in [-0.05, 0) is 18.2 Å². The Morgan fingerprint density at radius 1 is 1.17 bits per heavy atom. The summed E-state index contributed by atoms with van der Waals surface area (Å²) in [6.45, 7) is -0.306. The molecule has 0 aliphatic heterocycles. The first kappa shape index (κ1) is 17.2. The summed E-state index contributed by atoms with van der Waals surface area (Å²) in [5, 5.41) is 13.6. The van der Waals surface area contributed by atoms with E-state index in [9.17, 15) is 17.6 Å². The second-order valence-electron chi connectivity index (χ2n) is 4.36. The van der Waals surface area contributed by atoms with Crippen LogP contribution in [-0.4, -0.2) is 28.2 Å². The van der Waals surface area contributed by atoms with Crippen LogP contribution in [-0.2, 0) is 6.18 Å². The summed E-state index contributed by atoms with van der Waals surface area (Å²) in [6.07, 6.45) is -4.67. The first-order valence-electron chi connectivity index (χ1n) is 6.32. The Kier molecular flexibility index (Phi) is 5.22. The molecule has 1 aromatic heterocycles. The maximum Gasteiger partial charge on any atom is 0.433 e. The number of aliphatic hydroxyl groups excluding tert-OH is 1. The van der Waals surface area contributed by atoms with Crippen molar-refractivity contribution in [3.05, 3.63) is 40.8 Å². The van der Waals surface area contributed by atoms with E-state index < -0.39 is 17.7 Å². The zero-order chi connectivity index (χ0) is 17.0. The molecule has 0 saturated carbocycles. The number of aromatic nitrogens is 2. The minimum atomic E-state index is -4.67. The van der Waals surface area contributed by atoms with Crippen molar-refractivity contribution in [1.29, 1.82) is 0 Å². The van der Waals surface area contributed by atoms with Gasteiger partial charge in [-0.25, -0.2) is 9.37 Å². The molecule has 23 heavy (non-hydrogen) atoms. The van der Waals surface area contributed by atoms with Crippen LogP contribution in [0.25, 0.3) is 0 Å². The van der Waals surface area contributed by atoms with E-state index in [4.69, 9.17) is 16.7 Å². The van der Waals surface area contributed by atoms with Gasteiger partial charge < -0.3 is 15.7 Å². The second kappa shape index (κ2) is 6.97. The van der Waals surface area contributed by atoms with Crippen molar-refractivity contribution in [2.24, 2.45) is 0 Å². The molecule has 2 rings (SSSR count). The summed E-state index contributed by atoms with van der Waals surface area (Å²) in [6, 6.07) is 4.30. The van der Waals surface area contributed by atoms with E-state index in [0.29, 0.717) is 6.07 Å². The number of halogens is 5. The van der Waals surface area contributed by atoms with Crippen molar-refractivity contribution in [3.63, 3.8) is 0 Å². The third-order valence-corrected chi connectivity index (χ3v) is 2.89. The number of anilines is 3. The van der Waals surface area contributed by atoms with Crippen LogP contribution in [0.3, 0.4) is 0 Å². The molecule has 1 aromatic carbocycles. The second-order valence-corrected chi connectivity index (χ2v) is 4.77. The predicted molar refractivity (Wildman–Crippen MR) is 77.3 cm³/mol. The van der Waals surface area contributed by atoms with E-state index in [1.807, 2.05) is 0 Å². The van der Waals surface area contributed by atoms with Gasteiger partial charge in [0.15, 0.2) is 5.69 Å². The van der Waals surface area contributed by atoms with Crippen molar-refractivity contribution in [3.8, 4) is 0 Å². The first-order valence-corrected chi connectivity index (χ1v) is 6.70. The van der Waals surface area contributed by atoms with E-state index in [1.54, 1.807) is 0 Å². The molecule has 0 saturated heterocycles. The van der Waals surface area contributed by atoms with Crippen LogP contribution in [0.4, 0.5) is 35.0 Å². The van der Waals surface area contributed by atoms with Gasteiger partial charge in [-0.3, -0.25) is 0 Å². The standard InChI is InChI=1S/C13H11ClF4N4O/c14-8-5-7(1-2-9(8)15)20-11-6-10(13(16,17)18)21-12(22-11)19-3-4-23/h1-2,5-6,23H,3-4H2,(H2,19,20,21,22). The van der Waals surface area contributed by atoms with Crippen molar-refractivity contribution in [1.82, 2.24) is 9.97 Å². The molecule has 0 amide bonds. The summed E-state index contributed by atoms with van der Waals surface area (Å²) in [7, 11) is 0. The van der Waals surface area contributed by atoms with Crippen LogP contribution in [0.2, 0.25) is 5.02 Å². The van der Waals surface area contributed by atoms with E-state index >= 15 is 0 Å². The summed E-state index contributed by atoms with van der Waals surface area (Å²) < 4.78 is 51.7. The van der Waals surface area contributed by atoms with Gasteiger partial charge in [-0.15, -0.1) is 0 Å². The number of alkyl halides is 3. The summed E-state index contributed by atoms with van der Waals surface area (Å²) in [4.78, 5) is 7.18. The zero-order valence-corrected chi connectivity index (χ0v) is 12.2. The van der Waals surface area contributed by atoms with Crippen molar-refractivity contribution in [2.45, 2.75) is 6.18 Å². The quantitative estimate of drug-likeness (QED) is 0.721. The molecule has 0 aliphatic rings. The highest BCUT2D eigenvalue weighted by Gasteiger charge is 2.33. The highest BCUT2D eigenvalue weighted by molar-refractivity contribution is 6.31. The molecule has 0 atom stereocenters. The lowest BCUT2D eigenvalue weighted by Crippen LogP contribution is -2.15. The smallest absolute Gasteiger partial charge is 0.395 e. The lowest BCUT2D eigenvalue weighted by molar-refractivity contribution is -0.141. The van der Waals surface area contributed by atoms with E-state index in [1.165, 1.54) is 12.1 Å². The average Bonchev–Trinajstić information content (AvgIpc) is 2.48. The van der Waals surface area contributed by atoms with Gasteiger partial charge in [0.05, 0.1) is 11.6 Å². The number of hydrogen-bond acceptors (Lipinski definition) is 5. The third kappa shape index (κ3) is 4.67. The molecule has 0 unspecified atom stereocenters. The Bertz CT molecular complexity index is 696. The molecule has 0 radical (unpaired) electrons. The maximum atomic E-state index is 13.1. The molecular formula is C13H11ClF4N4O. The summed E-state index contributed by atoms with van der Waals surface area (Å²) >= 11 is 5.62. The summed E-state index contributed by atoms with van der Waals surface area (Å²) in [5.74, 6) is -1.11. The van der Waals surface area contributed by atoms with Gasteiger partial charge in [0.25, 0.3) is 0 Å². The number of aliphatic hydroxyl groups is 1. The highest BCUT2D eigenvalue weighted by atomic mass is 35.5. The maximum absolute atomic E-state index is 13.1. The Morgan fingerprint density at radius 2 is 1.91 bits per heavy atom. The third-order valence-electron chi connectivity index (χ3n) is 2.60. The van der Waals surface area contributed by atoms with Crippen molar-refractivity contribution < 1.29 is 22.7 Å². The van der Waals surface area contributed by atoms with Crippen LogP contribution in [0.5, 0.6) is 0 Å². The fourth-order valence-corrected chi connectivity index (χ4v) is 1.81. The minimum absolute atomic E-state index is 0.0108. The van der Waals surface area contributed by atoms with E-state index in [2.05, 4.69) is 20.6 Å². The van der Waals surface area contributed by atoms with Gasteiger partial charge in [-0.2, -0.15) is 18.2 Å². The number of benzene rings is 1. The minimum Gasteiger partial charge on any atom is -0.395 e. The van der Waals surface area contributed by atoms with Crippen LogP contribution in [0.1, 0.15) is 5.69 Å². The van der Waals surface area contributed by atoms with E-state index in [-0.39, 0.29) is 35.6 Å². The molecule has 2 aromatic rings. The topological polar surface area (TPSA) is 70.1 Å². The lowest BCUT2D eigenvalue weighted by Gasteiger charge is -2.12. The van der Waals surface area contributed by atoms with Gasteiger partial charge in [0, 0.05) is 18.3 Å². The number of nitrogens with one attached hydrogen (secondary N) is 2. The number of nitrogens with zero attached hydrogens (tertiary/aromatic N) is 2. The molecule has 1 heterocycles. The Labute approximate surface area is 133 Å². The fraction of sp³-hybridized carbons (Fsp3) is 0.231. The van der Waals surface area contributed by atoms with Crippen LogP contribution >= 0.6 is 11.6 Å². The lowest BCUT2D eigenvalue weighted by atomic mass is 10.3. The largest absolute Gasteiger partial charge is 0.433 e. The first-order chi connectivity index (χ1) is 10.8. The number of rotatable bonds is 5. The van der Waals surface area contributed by atoms with Crippen LogP contribution in [0.15, 0.2) is 24.3 Å². The molecule has 3 N–H and O–H groups in total. The molecular weight excluding hydrogens is 340 g/mol. The monoisotopic (exact) mass is 350 g/mol. The molecule has 0 fully saturated rings.